The van der Waals surface area contributed by atoms with Crippen molar-refractivity contribution in [1.29, 1.82) is 0 Å². The molecule has 10 nitrogen and oxygen atoms in total. The first-order valence-electron chi connectivity index (χ1n) is 20.9. The molecule has 0 aromatic carbocycles. The minimum absolute atomic E-state index is 0.136. The zero-order chi connectivity index (χ0) is 40.1. The van der Waals surface area contributed by atoms with Gasteiger partial charge in [-0.25, -0.2) is 14.4 Å². The molecule has 3 amide bonds. The number of nitrogens with one attached hydrogen (secondary N) is 3. The van der Waals surface area contributed by atoms with E-state index in [-0.39, 0.29) is 30.4 Å². The highest BCUT2D eigenvalue weighted by Gasteiger charge is 2.55. The topological polar surface area (TPSA) is 135 Å². The second-order valence-electron chi connectivity index (χ2n) is 19.3. The number of hydrogen-bond donors (Lipinski definition) is 4. The number of hydrogen-bond acceptors (Lipinski definition) is 7. The van der Waals surface area contributed by atoms with Crippen molar-refractivity contribution in [3.63, 3.8) is 0 Å². The maximum Gasteiger partial charge on any atom is 0.407 e. The molecule has 0 aliphatic heterocycles. The van der Waals surface area contributed by atoms with Gasteiger partial charge in [-0.3, -0.25) is 0 Å². The van der Waals surface area contributed by atoms with Crippen LogP contribution in [-0.4, -0.2) is 63.9 Å². The van der Waals surface area contributed by atoms with E-state index in [9.17, 15) is 19.5 Å². The van der Waals surface area contributed by atoms with Gasteiger partial charge in [0.1, 0.15) is 16.8 Å². The smallest absolute Gasteiger partial charge is 0.407 e. The predicted molar refractivity (Wildman–Crippen MR) is 214 cm³/mol. The highest BCUT2D eigenvalue weighted by Crippen LogP contribution is 2.63. The SMILES string of the molecule is CCCC1(O)CCC(NC(=O)OC(C)(C)C)CC1.CCCC1=CCC(NC(=O)OC(C)(C)C)CC1.CCC[C@@]12CC[C@H](NC(=O)OC(C)(C)C)C[C@@H]1C2. The summed E-state index contributed by atoms with van der Waals surface area (Å²) in [6.07, 6.45) is 19.5. The Hall–Kier alpha value is -2.49. The van der Waals surface area contributed by atoms with Crippen LogP contribution in [0.2, 0.25) is 0 Å². The average molecular weight is 750 g/mol. The first-order valence-corrected chi connectivity index (χ1v) is 20.9. The third kappa shape index (κ3) is 19.1. The Morgan fingerprint density at radius 1 is 0.679 bits per heavy atom. The molecule has 53 heavy (non-hydrogen) atoms. The third-order valence-corrected chi connectivity index (χ3v) is 10.5. The normalized spacial score (nSPS) is 28.2. The lowest BCUT2D eigenvalue weighted by Crippen LogP contribution is -2.44. The summed E-state index contributed by atoms with van der Waals surface area (Å²) in [7, 11) is 0. The molecular weight excluding hydrogens is 670 g/mol. The molecule has 4 atom stereocenters. The molecule has 308 valence electrons. The van der Waals surface area contributed by atoms with Crippen molar-refractivity contribution >= 4 is 18.3 Å². The Kier molecular flexibility index (Phi) is 18.0. The number of aliphatic hydroxyl groups is 1. The van der Waals surface area contributed by atoms with Crippen LogP contribution < -0.4 is 16.0 Å². The van der Waals surface area contributed by atoms with E-state index in [1.54, 1.807) is 0 Å². The van der Waals surface area contributed by atoms with Gasteiger partial charge in [-0.15, -0.1) is 0 Å². The minimum Gasteiger partial charge on any atom is -0.444 e. The van der Waals surface area contributed by atoms with Crippen molar-refractivity contribution in [2.75, 3.05) is 0 Å². The van der Waals surface area contributed by atoms with Crippen molar-refractivity contribution in [2.24, 2.45) is 11.3 Å². The predicted octanol–water partition coefficient (Wildman–Crippen LogP) is 10.6. The summed E-state index contributed by atoms with van der Waals surface area (Å²) < 4.78 is 15.8. The number of amides is 3. The van der Waals surface area contributed by atoms with Crippen LogP contribution in [0.25, 0.3) is 0 Å². The van der Waals surface area contributed by atoms with E-state index in [1.807, 2.05) is 62.3 Å². The number of fused-ring (bicyclic) bond motifs is 1. The molecule has 1 unspecified atom stereocenters. The summed E-state index contributed by atoms with van der Waals surface area (Å²) in [5.74, 6) is 0.853. The number of rotatable bonds is 9. The van der Waals surface area contributed by atoms with Crippen LogP contribution in [0.3, 0.4) is 0 Å². The van der Waals surface area contributed by atoms with E-state index in [2.05, 4.69) is 42.8 Å². The molecule has 0 spiro atoms. The zero-order valence-corrected chi connectivity index (χ0v) is 35.8. The van der Waals surface area contributed by atoms with Gasteiger partial charge in [0.2, 0.25) is 0 Å². The van der Waals surface area contributed by atoms with Crippen LogP contribution in [0.1, 0.15) is 192 Å². The summed E-state index contributed by atoms with van der Waals surface area (Å²) in [5, 5.41) is 19.1. The lowest BCUT2D eigenvalue weighted by molar-refractivity contribution is -0.0136. The Bertz CT molecular complexity index is 1160. The Morgan fingerprint density at radius 2 is 1.15 bits per heavy atom. The zero-order valence-electron chi connectivity index (χ0n) is 35.8. The monoisotopic (exact) mass is 750 g/mol. The number of ether oxygens (including phenoxy) is 3. The van der Waals surface area contributed by atoms with E-state index in [0.717, 1.165) is 76.5 Å². The van der Waals surface area contributed by atoms with Crippen LogP contribution in [0.15, 0.2) is 11.6 Å². The van der Waals surface area contributed by atoms with Gasteiger partial charge in [0.15, 0.2) is 0 Å². The van der Waals surface area contributed by atoms with E-state index in [0.29, 0.717) is 11.5 Å². The average Bonchev–Trinajstić information content (AvgIpc) is 3.71. The highest BCUT2D eigenvalue weighted by molar-refractivity contribution is 5.69. The summed E-state index contributed by atoms with van der Waals surface area (Å²) in [6.45, 7) is 23.5. The van der Waals surface area contributed by atoms with Gasteiger partial charge in [-0.1, -0.05) is 51.7 Å². The van der Waals surface area contributed by atoms with Gasteiger partial charge in [0.05, 0.1) is 5.60 Å². The van der Waals surface area contributed by atoms with Gasteiger partial charge < -0.3 is 35.3 Å². The van der Waals surface area contributed by atoms with Crippen LogP contribution in [0, 0.1) is 11.3 Å². The Morgan fingerprint density at radius 3 is 1.57 bits per heavy atom. The van der Waals surface area contributed by atoms with Crippen molar-refractivity contribution in [2.45, 2.75) is 233 Å². The third-order valence-electron chi connectivity index (χ3n) is 10.5. The number of carbonyl (C=O) groups is 3. The van der Waals surface area contributed by atoms with Crippen LogP contribution in [0.5, 0.6) is 0 Å². The van der Waals surface area contributed by atoms with Crippen molar-refractivity contribution in [1.82, 2.24) is 16.0 Å². The first-order chi connectivity index (χ1) is 24.5. The molecule has 0 bridgehead atoms. The summed E-state index contributed by atoms with van der Waals surface area (Å²) in [6, 6.07) is 0.708. The molecule has 0 radical (unpaired) electrons. The molecule has 3 fully saturated rings. The largest absolute Gasteiger partial charge is 0.444 e. The molecule has 4 N–H and O–H groups in total. The molecule has 0 saturated heterocycles. The Balaban J connectivity index is 0.000000275. The minimum atomic E-state index is -0.513. The summed E-state index contributed by atoms with van der Waals surface area (Å²) in [5.41, 5.74) is 0.408. The molecule has 3 saturated carbocycles. The second kappa shape index (κ2) is 20.4. The number of alkyl carbamates (subject to hydrolysis) is 3. The fourth-order valence-electron chi connectivity index (χ4n) is 8.06. The molecule has 0 heterocycles. The van der Waals surface area contributed by atoms with Crippen LogP contribution in [-0.2, 0) is 14.2 Å². The molecule has 4 aliphatic rings. The fraction of sp³-hybridized carbons (Fsp3) is 0.884. The van der Waals surface area contributed by atoms with Crippen molar-refractivity contribution in [3.8, 4) is 0 Å². The van der Waals surface area contributed by atoms with Gasteiger partial charge >= 0.3 is 18.3 Å². The van der Waals surface area contributed by atoms with Gasteiger partial charge in [0, 0.05) is 18.1 Å². The molecule has 10 heteroatoms. The van der Waals surface area contributed by atoms with Gasteiger partial charge in [-0.2, -0.15) is 0 Å². The molecule has 0 aromatic heterocycles. The van der Waals surface area contributed by atoms with Crippen LogP contribution in [0.4, 0.5) is 14.4 Å². The van der Waals surface area contributed by atoms with Crippen molar-refractivity contribution in [3.05, 3.63) is 11.6 Å². The molecule has 4 aliphatic carbocycles. The molecule has 4 rings (SSSR count). The highest BCUT2D eigenvalue weighted by atomic mass is 16.6. The quantitative estimate of drug-likeness (QED) is 0.136. The molecule has 0 aromatic rings. The second-order valence-corrected chi connectivity index (χ2v) is 19.3. The van der Waals surface area contributed by atoms with Gasteiger partial charge in [0.25, 0.3) is 0 Å². The lowest BCUT2D eigenvalue weighted by Gasteiger charge is -2.36. The summed E-state index contributed by atoms with van der Waals surface area (Å²) in [4.78, 5) is 34.9. The maximum absolute atomic E-state index is 11.7. The summed E-state index contributed by atoms with van der Waals surface area (Å²) >= 11 is 0. The lowest BCUT2D eigenvalue weighted by atomic mass is 9.79. The fourth-order valence-corrected chi connectivity index (χ4v) is 8.06. The van der Waals surface area contributed by atoms with Crippen molar-refractivity contribution < 1.29 is 33.7 Å². The maximum atomic E-state index is 11.7. The van der Waals surface area contributed by atoms with E-state index in [4.69, 9.17) is 14.2 Å². The first kappa shape index (κ1) is 46.7. The molecular formula is C43H79N3O7. The van der Waals surface area contributed by atoms with E-state index in [1.165, 1.54) is 44.1 Å². The Labute approximate surface area is 323 Å². The van der Waals surface area contributed by atoms with E-state index >= 15 is 0 Å². The standard InChI is InChI=1S/C15H27NO2.C14H27NO3.C14H25NO2/c1-5-7-15-8-6-12(9-11(15)10-15)16-13(17)18-14(2,3)4;1-5-8-14(17)9-6-11(7-10-14)15-12(16)18-13(2,3)4;1-5-6-11-7-9-12(10-8-11)15-13(16)17-14(2,3)4/h11-12H,5-10H2,1-4H3,(H,16,17);11,17H,5-10H2,1-4H3,(H,15,16);7,12H,5-6,8-10H2,1-4H3,(H,15,16)/t11-,12+,15+;;/m1../s1. The van der Waals surface area contributed by atoms with Gasteiger partial charge in [-0.05, 0) is 164 Å². The number of carbonyl (C=O) groups excluding carboxylic acids is 3. The van der Waals surface area contributed by atoms with Crippen LogP contribution >= 0.6 is 0 Å². The number of allylic oxidation sites excluding steroid dienone is 1. The van der Waals surface area contributed by atoms with E-state index < -0.39 is 22.4 Å².